The van der Waals surface area contributed by atoms with E-state index in [9.17, 15) is 9.59 Å². The second-order valence-electron chi connectivity index (χ2n) is 4.94. The van der Waals surface area contributed by atoms with Gasteiger partial charge in [-0.1, -0.05) is 0 Å². The van der Waals surface area contributed by atoms with Crippen molar-refractivity contribution in [3.05, 3.63) is 24.3 Å². The number of carboxylic acid groups (broad SMARTS) is 1. The first-order valence-electron chi connectivity index (χ1n) is 6.62. The smallest absolute Gasteiger partial charge is 0.327 e. The maximum Gasteiger partial charge on any atom is 0.327 e. The molecule has 0 aromatic heterocycles. The van der Waals surface area contributed by atoms with E-state index in [2.05, 4.69) is 5.32 Å². The summed E-state index contributed by atoms with van der Waals surface area (Å²) in [4.78, 5) is 24.5. The van der Waals surface area contributed by atoms with Crippen LogP contribution in [0.2, 0.25) is 0 Å². The highest BCUT2D eigenvalue weighted by molar-refractivity contribution is 7.99. The summed E-state index contributed by atoms with van der Waals surface area (Å²) in [7, 11) is 0. The number of hydrogen-bond acceptors (Lipinski definition) is 4. The molecule has 21 heavy (non-hydrogen) atoms. The average molecular weight is 310 g/mol. The number of rotatable bonds is 4. The van der Waals surface area contributed by atoms with Crippen molar-refractivity contribution in [1.82, 2.24) is 4.90 Å². The van der Waals surface area contributed by atoms with Gasteiger partial charge in [-0.15, -0.1) is 11.8 Å². The summed E-state index contributed by atoms with van der Waals surface area (Å²) in [5.41, 5.74) is 0.608. The molecule has 0 radical (unpaired) electrons. The van der Waals surface area contributed by atoms with E-state index < -0.39 is 18.0 Å². The molecule has 0 aliphatic carbocycles. The highest BCUT2D eigenvalue weighted by Gasteiger charge is 2.34. The Balaban J connectivity index is 1.97. The van der Waals surface area contributed by atoms with Gasteiger partial charge in [0, 0.05) is 11.4 Å². The second kappa shape index (κ2) is 6.71. The minimum absolute atomic E-state index is 0.0865. The van der Waals surface area contributed by atoms with E-state index in [0.717, 1.165) is 5.75 Å². The minimum atomic E-state index is -0.976. The molecule has 1 heterocycles. The number of ether oxygens (including phenoxy) is 1. The van der Waals surface area contributed by atoms with Gasteiger partial charge in [0.25, 0.3) is 0 Å². The number of urea groups is 1. The maximum absolute atomic E-state index is 12.1. The van der Waals surface area contributed by atoms with Crippen molar-refractivity contribution >= 4 is 29.4 Å². The number of carboxylic acids is 1. The zero-order valence-corrected chi connectivity index (χ0v) is 12.7. The normalized spacial score (nSPS) is 17.9. The lowest BCUT2D eigenvalue weighted by Gasteiger charge is -2.21. The highest BCUT2D eigenvalue weighted by atomic mass is 32.2. The van der Waals surface area contributed by atoms with E-state index in [1.165, 1.54) is 16.7 Å². The topological polar surface area (TPSA) is 78.9 Å². The Hall–Kier alpha value is -1.89. The third-order valence-electron chi connectivity index (χ3n) is 2.91. The summed E-state index contributed by atoms with van der Waals surface area (Å²) < 4.78 is 5.52. The second-order valence-corrected chi connectivity index (χ2v) is 5.94. The molecule has 2 rings (SSSR count). The number of nitrogens with one attached hydrogen (secondary N) is 1. The SMILES string of the molecule is CC(C)Oc1ccc(NC(=O)N2CSCC2C(=O)O)cc1. The van der Waals surface area contributed by atoms with E-state index in [1.807, 2.05) is 13.8 Å². The predicted octanol–water partition coefficient (Wildman–Crippen LogP) is 2.47. The number of anilines is 1. The molecule has 1 unspecified atom stereocenters. The molecule has 1 fully saturated rings. The molecular weight excluding hydrogens is 292 g/mol. The van der Waals surface area contributed by atoms with Gasteiger partial charge in [0.2, 0.25) is 0 Å². The van der Waals surface area contributed by atoms with E-state index in [-0.39, 0.29) is 6.10 Å². The Labute approximate surface area is 127 Å². The van der Waals surface area contributed by atoms with Crippen molar-refractivity contribution in [3.63, 3.8) is 0 Å². The van der Waals surface area contributed by atoms with Crippen LogP contribution in [0.4, 0.5) is 10.5 Å². The number of carbonyl (C=O) groups excluding carboxylic acids is 1. The van der Waals surface area contributed by atoms with Gasteiger partial charge in [-0.05, 0) is 38.1 Å². The molecule has 1 aromatic carbocycles. The lowest BCUT2D eigenvalue weighted by Crippen LogP contribution is -2.43. The van der Waals surface area contributed by atoms with Gasteiger partial charge in [0.05, 0.1) is 12.0 Å². The van der Waals surface area contributed by atoms with Crippen LogP contribution in [0.1, 0.15) is 13.8 Å². The number of carbonyl (C=O) groups is 2. The number of nitrogens with zero attached hydrogens (tertiary/aromatic N) is 1. The molecule has 1 atom stereocenters. The summed E-state index contributed by atoms with van der Waals surface area (Å²) in [6, 6.07) is 5.83. The van der Waals surface area contributed by atoms with Crippen LogP contribution in [0.5, 0.6) is 5.75 Å². The number of aliphatic carboxylic acids is 1. The molecular formula is C14H18N2O4S. The fraction of sp³-hybridized carbons (Fsp3) is 0.429. The standard InChI is InChI=1S/C14H18N2O4S/c1-9(2)20-11-5-3-10(4-6-11)15-14(19)16-8-21-7-12(16)13(17)18/h3-6,9,12H,7-8H2,1-2H3,(H,15,19)(H,17,18). The third-order valence-corrected chi connectivity index (χ3v) is 3.92. The molecule has 1 saturated heterocycles. The number of amides is 2. The van der Waals surface area contributed by atoms with E-state index in [4.69, 9.17) is 9.84 Å². The van der Waals surface area contributed by atoms with Crippen LogP contribution in [0.3, 0.4) is 0 Å². The quantitative estimate of drug-likeness (QED) is 0.893. The van der Waals surface area contributed by atoms with Crippen LogP contribution >= 0.6 is 11.8 Å². The summed E-state index contributed by atoms with van der Waals surface area (Å²) in [5.74, 6) is 0.556. The number of thioether (sulfide) groups is 1. The van der Waals surface area contributed by atoms with Gasteiger partial charge >= 0.3 is 12.0 Å². The van der Waals surface area contributed by atoms with Crippen LogP contribution < -0.4 is 10.1 Å². The van der Waals surface area contributed by atoms with Crippen LogP contribution in [0.25, 0.3) is 0 Å². The Morgan fingerprint density at radius 3 is 2.62 bits per heavy atom. The number of benzene rings is 1. The van der Waals surface area contributed by atoms with E-state index in [0.29, 0.717) is 17.3 Å². The Morgan fingerprint density at radius 1 is 1.38 bits per heavy atom. The first-order valence-corrected chi connectivity index (χ1v) is 7.77. The molecule has 1 aliphatic heterocycles. The maximum atomic E-state index is 12.1. The van der Waals surface area contributed by atoms with Gasteiger partial charge in [-0.2, -0.15) is 0 Å². The number of hydrogen-bond donors (Lipinski definition) is 2. The molecule has 0 saturated carbocycles. The van der Waals surface area contributed by atoms with Crippen molar-refractivity contribution in [3.8, 4) is 5.75 Å². The zero-order chi connectivity index (χ0) is 15.4. The van der Waals surface area contributed by atoms with Crippen LogP contribution in [-0.4, -0.2) is 45.8 Å². The van der Waals surface area contributed by atoms with Crippen LogP contribution in [0, 0.1) is 0 Å². The molecule has 1 aliphatic rings. The zero-order valence-electron chi connectivity index (χ0n) is 11.9. The molecule has 114 valence electrons. The molecule has 0 bridgehead atoms. The van der Waals surface area contributed by atoms with Crippen molar-refractivity contribution in [2.75, 3.05) is 16.9 Å². The summed E-state index contributed by atoms with van der Waals surface area (Å²) in [6.07, 6.45) is 0.0865. The van der Waals surface area contributed by atoms with Gasteiger partial charge in [0.15, 0.2) is 0 Å². The Bertz CT molecular complexity index is 518. The van der Waals surface area contributed by atoms with Gasteiger partial charge in [0.1, 0.15) is 11.8 Å². The molecule has 6 nitrogen and oxygen atoms in total. The van der Waals surface area contributed by atoms with Gasteiger partial charge < -0.3 is 20.1 Å². The van der Waals surface area contributed by atoms with Crippen molar-refractivity contribution in [1.29, 1.82) is 0 Å². The fourth-order valence-corrected chi connectivity index (χ4v) is 3.08. The largest absolute Gasteiger partial charge is 0.491 e. The van der Waals surface area contributed by atoms with E-state index >= 15 is 0 Å². The first-order chi connectivity index (χ1) is 9.97. The Morgan fingerprint density at radius 2 is 2.05 bits per heavy atom. The molecule has 2 N–H and O–H groups in total. The summed E-state index contributed by atoms with van der Waals surface area (Å²) in [6.45, 7) is 3.87. The lowest BCUT2D eigenvalue weighted by atomic mass is 10.3. The van der Waals surface area contributed by atoms with E-state index in [1.54, 1.807) is 24.3 Å². The van der Waals surface area contributed by atoms with Crippen LogP contribution in [-0.2, 0) is 4.79 Å². The molecule has 0 spiro atoms. The van der Waals surface area contributed by atoms with Crippen molar-refractivity contribution < 1.29 is 19.4 Å². The van der Waals surface area contributed by atoms with Crippen molar-refractivity contribution in [2.45, 2.75) is 26.0 Å². The van der Waals surface area contributed by atoms with Crippen molar-refractivity contribution in [2.24, 2.45) is 0 Å². The summed E-state index contributed by atoms with van der Waals surface area (Å²) >= 11 is 1.43. The van der Waals surface area contributed by atoms with Gasteiger partial charge in [-0.25, -0.2) is 9.59 Å². The predicted molar refractivity (Wildman–Crippen MR) is 81.8 cm³/mol. The molecule has 7 heteroatoms. The third kappa shape index (κ3) is 4.04. The Kier molecular flexibility index (Phi) is 4.95. The average Bonchev–Trinajstić information content (AvgIpc) is 2.90. The fourth-order valence-electron chi connectivity index (χ4n) is 1.93. The summed E-state index contributed by atoms with van der Waals surface area (Å²) in [5, 5.41) is 11.8. The minimum Gasteiger partial charge on any atom is -0.491 e. The van der Waals surface area contributed by atoms with Gasteiger partial charge in [-0.3, -0.25) is 0 Å². The molecule has 2 amide bonds. The monoisotopic (exact) mass is 310 g/mol. The molecule has 1 aromatic rings. The highest BCUT2D eigenvalue weighted by Crippen LogP contribution is 2.23. The lowest BCUT2D eigenvalue weighted by molar-refractivity contribution is -0.140. The first kappa shape index (κ1) is 15.5. The van der Waals surface area contributed by atoms with Crippen LogP contribution in [0.15, 0.2) is 24.3 Å².